The number of benzene rings is 1. The van der Waals surface area contributed by atoms with Crippen LogP contribution in [0, 0.1) is 0 Å². The highest BCUT2D eigenvalue weighted by atomic mass is 35.5. The lowest BCUT2D eigenvalue weighted by molar-refractivity contribution is -0.131. The second-order valence-corrected chi connectivity index (χ2v) is 8.09. The van der Waals surface area contributed by atoms with Gasteiger partial charge in [0.25, 0.3) is 5.91 Å². The quantitative estimate of drug-likeness (QED) is 0.681. The van der Waals surface area contributed by atoms with Gasteiger partial charge in [0.05, 0.1) is 18.0 Å². The number of ether oxygens (including phenoxy) is 1. The van der Waals surface area contributed by atoms with E-state index in [4.69, 9.17) is 11.6 Å². The molecule has 3 rings (SSSR count). The number of hydrazine groups is 1. The van der Waals surface area contributed by atoms with Crippen molar-refractivity contribution in [2.24, 2.45) is 0 Å². The normalized spacial score (nSPS) is 14.3. The summed E-state index contributed by atoms with van der Waals surface area (Å²) in [5.74, 6) is -0.248. The number of likely N-dealkylation sites (tertiary alicyclic amines) is 1. The van der Waals surface area contributed by atoms with E-state index in [0.29, 0.717) is 24.5 Å². The minimum Gasteiger partial charge on any atom is -0.449 e. The Morgan fingerprint density at radius 2 is 1.97 bits per heavy atom. The summed E-state index contributed by atoms with van der Waals surface area (Å²) in [7, 11) is 0. The first kappa shape index (κ1) is 22.0. The minimum atomic E-state index is -0.727. The molecule has 1 aromatic heterocycles. The van der Waals surface area contributed by atoms with Crippen LogP contribution in [-0.2, 0) is 16.0 Å². The van der Waals surface area contributed by atoms with E-state index >= 15 is 0 Å². The maximum Gasteiger partial charge on any atom is 0.426 e. The molecule has 0 unspecified atom stereocenters. The molecule has 160 valence electrons. The van der Waals surface area contributed by atoms with Crippen LogP contribution in [0.15, 0.2) is 29.6 Å². The first-order valence-corrected chi connectivity index (χ1v) is 10.9. The summed E-state index contributed by atoms with van der Waals surface area (Å²) in [5, 5.41) is 3.12. The van der Waals surface area contributed by atoms with Crippen molar-refractivity contribution in [2.45, 2.75) is 32.1 Å². The number of carbonyl (C=O) groups excluding carboxylic acids is 3. The summed E-state index contributed by atoms with van der Waals surface area (Å²) in [5.41, 5.74) is 5.50. The molecule has 8 nitrogen and oxygen atoms in total. The third-order valence-electron chi connectivity index (χ3n) is 4.80. The fourth-order valence-corrected chi connectivity index (χ4v) is 4.38. The molecule has 10 heteroatoms. The molecule has 3 amide bonds. The highest BCUT2D eigenvalue weighted by Gasteiger charge is 2.26. The van der Waals surface area contributed by atoms with Crippen LogP contribution in [0.2, 0.25) is 5.02 Å². The number of thiazole rings is 1. The lowest BCUT2D eigenvalue weighted by atomic mass is 9.97. The molecular formula is C20H23ClN4O4S. The van der Waals surface area contributed by atoms with Crippen molar-refractivity contribution in [1.29, 1.82) is 0 Å². The fourth-order valence-electron chi connectivity index (χ4n) is 3.21. The molecule has 2 heterocycles. The van der Waals surface area contributed by atoms with E-state index in [0.717, 1.165) is 23.4 Å². The summed E-state index contributed by atoms with van der Waals surface area (Å²) in [4.78, 5) is 42.2. The number of hydrogen-bond acceptors (Lipinski definition) is 6. The van der Waals surface area contributed by atoms with E-state index in [1.807, 2.05) is 23.1 Å². The monoisotopic (exact) mass is 450 g/mol. The van der Waals surface area contributed by atoms with Crippen molar-refractivity contribution < 1.29 is 19.1 Å². The number of halogens is 1. The van der Waals surface area contributed by atoms with Gasteiger partial charge in [0.15, 0.2) is 0 Å². The van der Waals surface area contributed by atoms with Gasteiger partial charge in [0, 0.05) is 29.4 Å². The molecule has 0 radical (unpaired) electrons. The maximum atomic E-state index is 12.6. The zero-order chi connectivity index (χ0) is 21.5. The fraction of sp³-hybridized carbons (Fsp3) is 0.400. The van der Waals surface area contributed by atoms with Crippen molar-refractivity contribution in [3.05, 3.63) is 50.9 Å². The highest BCUT2D eigenvalue weighted by Crippen LogP contribution is 2.30. The number of amides is 3. The van der Waals surface area contributed by atoms with Crippen LogP contribution in [0.4, 0.5) is 4.79 Å². The summed E-state index contributed by atoms with van der Waals surface area (Å²) in [6.45, 7) is 3.16. The number of hydrogen-bond donors (Lipinski definition) is 2. The van der Waals surface area contributed by atoms with Crippen LogP contribution in [0.1, 0.15) is 46.7 Å². The Morgan fingerprint density at radius 1 is 1.23 bits per heavy atom. The molecule has 2 aromatic rings. The molecule has 2 N–H and O–H groups in total. The van der Waals surface area contributed by atoms with E-state index in [-0.39, 0.29) is 24.1 Å². The molecule has 1 fully saturated rings. The Bertz CT molecular complexity index is 912. The van der Waals surface area contributed by atoms with Crippen LogP contribution in [-0.4, -0.2) is 47.5 Å². The number of piperidine rings is 1. The van der Waals surface area contributed by atoms with Gasteiger partial charge in [-0.15, -0.1) is 11.3 Å². The molecule has 0 saturated carbocycles. The Morgan fingerprint density at radius 3 is 2.67 bits per heavy atom. The first-order chi connectivity index (χ1) is 14.5. The van der Waals surface area contributed by atoms with Gasteiger partial charge in [0.2, 0.25) is 5.91 Å². The average molecular weight is 451 g/mol. The Kier molecular flexibility index (Phi) is 7.64. The number of nitrogens with one attached hydrogen (secondary N) is 2. The molecule has 0 bridgehead atoms. The number of nitrogens with zero attached hydrogens (tertiary/aromatic N) is 2. The summed E-state index contributed by atoms with van der Waals surface area (Å²) in [6.07, 6.45) is 1.13. The van der Waals surface area contributed by atoms with E-state index in [1.165, 1.54) is 11.3 Å². The minimum absolute atomic E-state index is 0.0609. The van der Waals surface area contributed by atoms with Crippen molar-refractivity contribution in [3.8, 4) is 0 Å². The van der Waals surface area contributed by atoms with Gasteiger partial charge in [-0.3, -0.25) is 15.0 Å². The second-order valence-electron chi connectivity index (χ2n) is 6.79. The van der Waals surface area contributed by atoms with Crippen molar-refractivity contribution in [2.75, 3.05) is 19.7 Å². The lowest BCUT2D eigenvalue weighted by Gasteiger charge is -2.31. The zero-order valence-electron chi connectivity index (χ0n) is 16.5. The van der Waals surface area contributed by atoms with Crippen molar-refractivity contribution in [1.82, 2.24) is 20.7 Å². The molecule has 30 heavy (non-hydrogen) atoms. The van der Waals surface area contributed by atoms with Crippen LogP contribution in [0.5, 0.6) is 0 Å². The van der Waals surface area contributed by atoms with Crippen LogP contribution in [0.3, 0.4) is 0 Å². The molecule has 1 aliphatic rings. The summed E-state index contributed by atoms with van der Waals surface area (Å²) < 4.78 is 4.68. The van der Waals surface area contributed by atoms with Gasteiger partial charge in [-0.1, -0.05) is 29.8 Å². The highest BCUT2D eigenvalue weighted by molar-refractivity contribution is 7.09. The Labute approximate surface area is 183 Å². The van der Waals surface area contributed by atoms with Gasteiger partial charge in [-0.25, -0.2) is 15.2 Å². The van der Waals surface area contributed by atoms with Gasteiger partial charge < -0.3 is 9.64 Å². The topological polar surface area (TPSA) is 101 Å². The SMILES string of the molecule is CCOC(=O)NNC(=O)c1csc(C2CCN(C(=O)Cc3ccccc3Cl)CC2)n1. The molecular weight excluding hydrogens is 428 g/mol. The molecule has 1 aromatic carbocycles. The predicted molar refractivity (Wildman–Crippen MR) is 113 cm³/mol. The second kappa shape index (κ2) is 10.4. The van der Waals surface area contributed by atoms with Crippen LogP contribution in [0.25, 0.3) is 0 Å². The molecule has 0 spiro atoms. The van der Waals surface area contributed by atoms with E-state index in [1.54, 1.807) is 18.4 Å². The van der Waals surface area contributed by atoms with Crippen molar-refractivity contribution >= 4 is 40.8 Å². The Hall–Kier alpha value is -2.65. The van der Waals surface area contributed by atoms with Gasteiger partial charge >= 0.3 is 6.09 Å². The van der Waals surface area contributed by atoms with E-state index in [9.17, 15) is 14.4 Å². The van der Waals surface area contributed by atoms with Gasteiger partial charge in [-0.05, 0) is 31.4 Å². The molecule has 1 aliphatic heterocycles. The molecule has 0 aliphatic carbocycles. The molecule has 1 saturated heterocycles. The maximum absolute atomic E-state index is 12.6. The third-order valence-corrected chi connectivity index (χ3v) is 6.18. The summed E-state index contributed by atoms with van der Waals surface area (Å²) >= 11 is 7.56. The van der Waals surface area contributed by atoms with E-state index in [2.05, 4.69) is 20.6 Å². The number of carbonyl (C=O) groups is 3. The predicted octanol–water partition coefficient (Wildman–Crippen LogP) is 3.14. The Balaban J connectivity index is 1.49. The zero-order valence-corrected chi connectivity index (χ0v) is 18.1. The largest absolute Gasteiger partial charge is 0.449 e. The average Bonchev–Trinajstić information content (AvgIpc) is 3.24. The third kappa shape index (κ3) is 5.70. The number of aromatic nitrogens is 1. The number of rotatable bonds is 5. The summed E-state index contributed by atoms with van der Waals surface area (Å²) in [6, 6.07) is 7.37. The lowest BCUT2D eigenvalue weighted by Crippen LogP contribution is -2.42. The van der Waals surface area contributed by atoms with Crippen molar-refractivity contribution in [3.63, 3.8) is 0 Å². The van der Waals surface area contributed by atoms with Gasteiger partial charge in [-0.2, -0.15) is 0 Å². The first-order valence-electron chi connectivity index (χ1n) is 9.67. The standard InChI is InChI=1S/C20H23ClN4O4S/c1-2-29-20(28)24-23-18(27)16-12-30-19(22-16)13-7-9-25(10-8-13)17(26)11-14-5-3-4-6-15(14)21/h3-6,12-13H,2,7-11H2,1H3,(H,23,27)(H,24,28). The van der Waals surface area contributed by atoms with E-state index < -0.39 is 12.0 Å². The smallest absolute Gasteiger partial charge is 0.426 e. The van der Waals surface area contributed by atoms with Gasteiger partial charge in [0.1, 0.15) is 5.69 Å². The van der Waals surface area contributed by atoms with Crippen LogP contribution >= 0.6 is 22.9 Å². The molecule has 0 atom stereocenters. The van der Waals surface area contributed by atoms with Crippen LogP contribution < -0.4 is 10.9 Å².